The van der Waals surface area contributed by atoms with Crippen LogP contribution in [-0.2, 0) is 10.8 Å². The predicted octanol–water partition coefficient (Wildman–Crippen LogP) is 8.45. The van der Waals surface area contributed by atoms with Gasteiger partial charge in [0, 0.05) is 22.4 Å². The Bertz CT molecular complexity index is 1200. The first-order valence-electron chi connectivity index (χ1n) is 13.1. The number of nitrogens with one attached hydrogen (secondary N) is 1. The summed E-state index contributed by atoms with van der Waals surface area (Å²) in [6.07, 6.45) is 7.25. The number of benzene rings is 3. The van der Waals surface area contributed by atoms with Crippen LogP contribution in [0.1, 0.15) is 69.6 Å². The fraction of sp³-hybridized carbons (Fsp3) is 0.438. The van der Waals surface area contributed by atoms with E-state index in [0.29, 0.717) is 0 Å². The van der Waals surface area contributed by atoms with Crippen molar-refractivity contribution in [3.8, 4) is 11.1 Å². The smallest absolute Gasteiger partial charge is 0.0467 e. The van der Waals surface area contributed by atoms with Crippen LogP contribution in [0.25, 0.3) is 11.1 Å². The summed E-state index contributed by atoms with van der Waals surface area (Å²) in [4.78, 5) is 0. The molecule has 4 fully saturated rings. The molecule has 5 aliphatic carbocycles. The van der Waals surface area contributed by atoms with Crippen LogP contribution in [0, 0.1) is 23.7 Å². The second kappa shape index (κ2) is 6.75. The van der Waals surface area contributed by atoms with Crippen LogP contribution in [-0.4, -0.2) is 0 Å². The van der Waals surface area contributed by atoms with E-state index in [2.05, 4.69) is 92.8 Å². The van der Waals surface area contributed by atoms with Gasteiger partial charge in [-0.05, 0) is 102 Å². The second-order valence-corrected chi connectivity index (χ2v) is 12.4. The van der Waals surface area contributed by atoms with E-state index in [1.54, 1.807) is 11.1 Å². The number of rotatable bonds is 2. The summed E-state index contributed by atoms with van der Waals surface area (Å²) in [5.74, 6) is 3.60. The van der Waals surface area contributed by atoms with Crippen molar-refractivity contribution in [1.29, 1.82) is 0 Å². The summed E-state index contributed by atoms with van der Waals surface area (Å²) >= 11 is 0. The molecule has 3 aromatic carbocycles. The third-order valence-corrected chi connectivity index (χ3v) is 9.61. The van der Waals surface area contributed by atoms with Crippen molar-refractivity contribution in [3.63, 3.8) is 0 Å². The molecular weight excluding hydrogens is 398 g/mol. The van der Waals surface area contributed by atoms with Crippen molar-refractivity contribution < 1.29 is 0 Å². The lowest BCUT2D eigenvalue weighted by Gasteiger charge is -2.61. The van der Waals surface area contributed by atoms with E-state index < -0.39 is 0 Å². The highest BCUT2D eigenvalue weighted by Crippen LogP contribution is 2.69. The first kappa shape index (κ1) is 19.9. The fourth-order valence-electron chi connectivity index (χ4n) is 8.51. The van der Waals surface area contributed by atoms with Crippen LogP contribution in [0.4, 0.5) is 11.4 Å². The summed E-state index contributed by atoms with van der Waals surface area (Å²) in [6.45, 7) is 6.84. The second-order valence-electron chi connectivity index (χ2n) is 12.4. The van der Waals surface area contributed by atoms with Gasteiger partial charge in [-0.15, -0.1) is 0 Å². The molecule has 0 saturated heterocycles. The molecule has 4 bridgehead atoms. The zero-order chi connectivity index (χ0) is 22.4. The number of hydrogen-bond acceptors (Lipinski definition) is 1. The Labute approximate surface area is 198 Å². The van der Waals surface area contributed by atoms with E-state index in [-0.39, 0.29) is 10.8 Å². The van der Waals surface area contributed by atoms with Crippen molar-refractivity contribution in [1.82, 2.24) is 0 Å². The van der Waals surface area contributed by atoms with Gasteiger partial charge in [-0.25, -0.2) is 0 Å². The largest absolute Gasteiger partial charge is 0.355 e. The quantitative estimate of drug-likeness (QED) is 0.427. The average molecular weight is 434 g/mol. The summed E-state index contributed by atoms with van der Waals surface area (Å²) in [6, 6.07) is 25.5. The number of fused-ring (bicyclic) bond motifs is 3. The minimum Gasteiger partial charge on any atom is -0.355 e. The highest BCUT2D eigenvalue weighted by molar-refractivity contribution is 5.91. The van der Waals surface area contributed by atoms with E-state index in [4.69, 9.17) is 0 Å². The molecule has 0 aliphatic heterocycles. The third-order valence-electron chi connectivity index (χ3n) is 9.61. The van der Waals surface area contributed by atoms with Gasteiger partial charge in [0.15, 0.2) is 0 Å². The minimum absolute atomic E-state index is 0.178. The lowest BCUT2D eigenvalue weighted by molar-refractivity contribution is -0.0399. The van der Waals surface area contributed by atoms with Gasteiger partial charge >= 0.3 is 0 Å². The maximum Gasteiger partial charge on any atom is 0.0467 e. The zero-order valence-electron chi connectivity index (χ0n) is 20.2. The monoisotopic (exact) mass is 433 g/mol. The first-order chi connectivity index (χ1) is 15.9. The maximum absolute atomic E-state index is 3.83. The van der Waals surface area contributed by atoms with Gasteiger partial charge in [0.1, 0.15) is 0 Å². The lowest BCUT2D eigenvalue weighted by Crippen LogP contribution is -2.55. The Kier molecular flexibility index (Phi) is 4.07. The Hall–Kier alpha value is -2.54. The van der Waals surface area contributed by atoms with Crippen molar-refractivity contribution in [2.45, 2.75) is 63.7 Å². The third kappa shape index (κ3) is 2.71. The van der Waals surface area contributed by atoms with E-state index in [0.717, 1.165) is 23.7 Å². The summed E-state index contributed by atoms with van der Waals surface area (Å²) < 4.78 is 0. The Balaban J connectivity index is 1.36. The molecule has 4 saturated carbocycles. The average Bonchev–Trinajstić information content (AvgIpc) is 3.09. The fourth-order valence-corrected chi connectivity index (χ4v) is 8.51. The lowest BCUT2D eigenvalue weighted by atomic mass is 9.43. The van der Waals surface area contributed by atoms with Gasteiger partial charge in [0.25, 0.3) is 0 Å². The Morgan fingerprint density at radius 1 is 0.697 bits per heavy atom. The van der Waals surface area contributed by atoms with Gasteiger partial charge in [-0.2, -0.15) is 0 Å². The van der Waals surface area contributed by atoms with Gasteiger partial charge < -0.3 is 5.32 Å². The molecular formula is C32H35N. The van der Waals surface area contributed by atoms with E-state index >= 15 is 0 Å². The molecule has 0 radical (unpaired) electrons. The highest BCUT2D eigenvalue weighted by Gasteiger charge is 2.61. The van der Waals surface area contributed by atoms with E-state index in [9.17, 15) is 0 Å². The van der Waals surface area contributed by atoms with Crippen LogP contribution in [0.15, 0.2) is 66.7 Å². The first-order valence-corrected chi connectivity index (χ1v) is 13.1. The van der Waals surface area contributed by atoms with Gasteiger partial charge in [-0.3, -0.25) is 0 Å². The molecule has 0 heterocycles. The molecule has 3 aromatic rings. The van der Waals surface area contributed by atoms with Crippen LogP contribution < -0.4 is 5.32 Å². The van der Waals surface area contributed by atoms with Gasteiger partial charge in [-0.1, -0.05) is 69.3 Å². The minimum atomic E-state index is 0.178. The molecule has 1 nitrogen and oxygen atoms in total. The molecule has 0 aromatic heterocycles. The van der Waals surface area contributed by atoms with E-state index in [1.165, 1.54) is 60.2 Å². The van der Waals surface area contributed by atoms with Crippen LogP contribution >= 0.6 is 0 Å². The van der Waals surface area contributed by atoms with Crippen LogP contribution in [0.2, 0.25) is 0 Å². The molecule has 168 valence electrons. The van der Waals surface area contributed by atoms with Crippen LogP contribution in [0.3, 0.4) is 0 Å². The molecule has 1 spiro atoms. The molecule has 5 aliphatic rings. The van der Waals surface area contributed by atoms with Crippen molar-refractivity contribution in [2.75, 3.05) is 5.32 Å². The van der Waals surface area contributed by atoms with Gasteiger partial charge in [0.2, 0.25) is 0 Å². The van der Waals surface area contributed by atoms with Gasteiger partial charge in [0.05, 0.1) is 0 Å². The molecule has 33 heavy (non-hydrogen) atoms. The van der Waals surface area contributed by atoms with Crippen molar-refractivity contribution in [3.05, 3.63) is 83.4 Å². The summed E-state index contributed by atoms with van der Waals surface area (Å²) in [5, 5.41) is 3.83. The molecule has 0 atom stereocenters. The van der Waals surface area contributed by atoms with Crippen molar-refractivity contribution in [2.24, 2.45) is 23.7 Å². The molecule has 8 rings (SSSR count). The molecule has 1 N–H and O–H groups in total. The van der Waals surface area contributed by atoms with Crippen LogP contribution in [0.5, 0.6) is 0 Å². The van der Waals surface area contributed by atoms with E-state index in [1.807, 2.05) is 0 Å². The number of anilines is 2. The van der Waals surface area contributed by atoms with Crippen molar-refractivity contribution >= 4 is 11.4 Å². The summed E-state index contributed by atoms with van der Waals surface area (Å²) in [7, 11) is 0. The molecule has 1 heteroatoms. The predicted molar refractivity (Wildman–Crippen MR) is 138 cm³/mol. The zero-order valence-corrected chi connectivity index (χ0v) is 20.2. The number of hydrogen-bond donors (Lipinski definition) is 1. The highest BCUT2D eigenvalue weighted by atomic mass is 14.9. The Morgan fingerprint density at radius 3 is 2.00 bits per heavy atom. The Morgan fingerprint density at radius 2 is 1.33 bits per heavy atom. The topological polar surface area (TPSA) is 12.0 Å². The summed E-state index contributed by atoms with van der Waals surface area (Å²) in [5.41, 5.74) is 10.5. The SMILES string of the molecule is CC(C)(C)c1ccc(Nc2cccc3c2-c2ccccc2C32C3CC4CC(C3)CC2C4)cc1. The maximum atomic E-state index is 3.83. The standard InChI is InChI=1S/C32H35N/c1-31(2,3)22-11-13-25(14-12-22)33-29-10-6-9-28-30(29)26-7-4-5-8-27(26)32(28)23-16-20-15-21(18-23)19-24(32)17-20/h4-14,20-21,23-24,33H,15-19H2,1-3H3. The molecule has 0 amide bonds. The molecule has 0 unspecified atom stereocenters. The normalized spacial score (nSPS) is 31.0.